The van der Waals surface area contributed by atoms with Gasteiger partial charge in [0.1, 0.15) is 12.4 Å². The van der Waals surface area contributed by atoms with Crippen LogP contribution < -0.4 is 5.73 Å². The van der Waals surface area contributed by atoms with Gasteiger partial charge in [-0.3, -0.25) is 14.6 Å². The van der Waals surface area contributed by atoms with E-state index in [1.54, 1.807) is 17.3 Å². The van der Waals surface area contributed by atoms with Crippen molar-refractivity contribution in [2.24, 2.45) is 0 Å². The van der Waals surface area contributed by atoms with Gasteiger partial charge in [0.2, 0.25) is 5.91 Å². The largest absolute Gasteiger partial charge is 0.387 e. The molecule has 172 valence electrons. The third-order valence-electron chi connectivity index (χ3n) is 6.38. The third kappa shape index (κ3) is 3.80. The molecule has 9 nitrogen and oxygen atoms in total. The van der Waals surface area contributed by atoms with Gasteiger partial charge >= 0.3 is 0 Å². The predicted octanol–water partition coefficient (Wildman–Crippen LogP) is 2.55. The second-order valence-corrected chi connectivity index (χ2v) is 8.32. The number of fused-ring (bicyclic) bond motifs is 1. The standard InChI is InChI=1S/C25H24N6O3/c26-24-20(14-32)23(17-8-10-30(11-9-17)22(34)15-33)29-25-19(13-28-31(24)25)18-6-7-21(27-12-18)16-4-2-1-3-5-16/h1-7,12-14,17,33H,8-11,15,26H2. The first-order valence-corrected chi connectivity index (χ1v) is 11.1. The molecule has 0 atom stereocenters. The molecule has 0 bridgehead atoms. The minimum absolute atomic E-state index is 0.0309. The highest BCUT2D eigenvalue weighted by atomic mass is 16.3. The highest BCUT2D eigenvalue weighted by Crippen LogP contribution is 2.34. The lowest BCUT2D eigenvalue weighted by molar-refractivity contribution is -0.135. The second kappa shape index (κ2) is 9.03. The summed E-state index contributed by atoms with van der Waals surface area (Å²) in [6.45, 7) is 0.482. The maximum Gasteiger partial charge on any atom is 0.248 e. The SMILES string of the molecule is Nc1c(C=O)c(C2CCN(C(=O)CO)CC2)nc2c(-c3ccc(-c4ccccc4)nc3)cnn12. The van der Waals surface area contributed by atoms with Crippen LogP contribution in [0.2, 0.25) is 0 Å². The number of nitrogens with two attached hydrogens (primary N) is 1. The van der Waals surface area contributed by atoms with Crippen LogP contribution in [-0.4, -0.2) is 61.5 Å². The summed E-state index contributed by atoms with van der Waals surface area (Å²) >= 11 is 0. The Morgan fingerprint density at radius 1 is 1.09 bits per heavy atom. The zero-order valence-corrected chi connectivity index (χ0v) is 18.5. The summed E-state index contributed by atoms with van der Waals surface area (Å²) in [7, 11) is 0. The van der Waals surface area contributed by atoms with E-state index >= 15 is 0 Å². The van der Waals surface area contributed by atoms with E-state index in [1.165, 1.54) is 4.52 Å². The Hall–Kier alpha value is -4.11. The van der Waals surface area contributed by atoms with Gasteiger partial charge in [-0.15, -0.1) is 0 Å². The molecule has 3 aromatic heterocycles. The van der Waals surface area contributed by atoms with Crippen molar-refractivity contribution in [1.29, 1.82) is 0 Å². The third-order valence-corrected chi connectivity index (χ3v) is 6.38. The molecule has 0 aliphatic carbocycles. The number of benzene rings is 1. The van der Waals surface area contributed by atoms with Crippen molar-refractivity contribution >= 4 is 23.7 Å². The summed E-state index contributed by atoms with van der Waals surface area (Å²) in [5, 5.41) is 13.5. The van der Waals surface area contributed by atoms with Crippen LogP contribution in [0, 0.1) is 0 Å². The lowest BCUT2D eigenvalue weighted by atomic mass is 9.90. The summed E-state index contributed by atoms with van der Waals surface area (Å²) in [5.41, 5.74) is 11.3. The van der Waals surface area contributed by atoms with Crippen LogP contribution in [0.4, 0.5) is 5.82 Å². The number of carbonyl (C=O) groups is 2. The van der Waals surface area contributed by atoms with Gasteiger partial charge < -0.3 is 15.7 Å². The van der Waals surface area contributed by atoms with E-state index in [4.69, 9.17) is 15.8 Å². The van der Waals surface area contributed by atoms with Gasteiger partial charge in [-0.2, -0.15) is 9.61 Å². The average Bonchev–Trinajstić information content (AvgIpc) is 3.33. The summed E-state index contributed by atoms with van der Waals surface area (Å²) in [6, 6.07) is 13.8. The number of aliphatic hydroxyl groups excluding tert-OH is 1. The van der Waals surface area contributed by atoms with Gasteiger partial charge in [-0.05, 0) is 18.9 Å². The number of carbonyl (C=O) groups excluding carboxylic acids is 2. The Morgan fingerprint density at radius 3 is 2.50 bits per heavy atom. The number of rotatable bonds is 5. The number of piperidine rings is 1. The van der Waals surface area contributed by atoms with Crippen LogP contribution in [0.25, 0.3) is 28.0 Å². The van der Waals surface area contributed by atoms with Crippen LogP contribution in [-0.2, 0) is 4.79 Å². The Morgan fingerprint density at radius 2 is 1.85 bits per heavy atom. The number of nitrogens with zero attached hydrogens (tertiary/aromatic N) is 5. The summed E-state index contributed by atoms with van der Waals surface area (Å²) in [6.07, 6.45) is 5.44. The van der Waals surface area contributed by atoms with Gasteiger partial charge in [0, 0.05) is 41.9 Å². The zero-order chi connectivity index (χ0) is 23.7. The van der Waals surface area contributed by atoms with E-state index in [2.05, 4.69) is 10.1 Å². The molecule has 4 heterocycles. The molecule has 4 aromatic rings. The van der Waals surface area contributed by atoms with Crippen LogP contribution in [0.3, 0.4) is 0 Å². The molecule has 1 saturated heterocycles. The van der Waals surface area contributed by atoms with Gasteiger partial charge in [-0.1, -0.05) is 36.4 Å². The Labute approximate surface area is 195 Å². The number of aromatic nitrogens is 4. The molecule has 1 amide bonds. The second-order valence-electron chi connectivity index (χ2n) is 8.32. The van der Waals surface area contributed by atoms with Gasteiger partial charge in [0.05, 0.1) is 23.1 Å². The number of hydrogen-bond acceptors (Lipinski definition) is 7. The van der Waals surface area contributed by atoms with E-state index < -0.39 is 6.61 Å². The zero-order valence-electron chi connectivity index (χ0n) is 18.5. The van der Waals surface area contributed by atoms with Crippen LogP contribution in [0.1, 0.15) is 34.8 Å². The van der Waals surface area contributed by atoms with Gasteiger partial charge in [0.15, 0.2) is 11.9 Å². The molecule has 0 unspecified atom stereocenters. The molecular weight excluding hydrogens is 432 g/mol. The lowest BCUT2D eigenvalue weighted by Gasteiger charge is -2.32. The molecule has 1 fully saturated rings. The minimum atomic E-state index is -0.502. The van der Waals surface area contributed by atoms with Crippen molar-refractivity contribution in [3.8, 4) is 22.4 Å². The molecule has 5 rings (SSSR count). The Balaban J connectivity index is 1.51. The number of pyridine rings is 1. The topological polar surface area (TPSA) is 127 Å². The van der Waals surface area contributed by atoms with E-state index in [0.29, 0.717) is 42.8 Å². The van der Waals surface area contributed by atoms with Crippen molar-refractivity contribution in [2.75, 3.05) is 25.4 Å². The summed E-state index contributed by atoms with van der Waals surface area (Å²) < 4.78 is 1.48. The molecule has 1 aliphatic heterocycles. The highest BCUT2D eigenvalue weighted by Gasteiger charge is 2.28. The number of aldehydes is 1. The van der Waals surface area contributed by atoms with Crippen LogP contribution >= 0.6 is 0 Å². The van der Waals surface area contributed by atoms with Crippen molar-refractivity contribution in [3.63, 3.8) is 0 Å². The van der Waals surface area contributed by atoms with Crippen molar-refractivity contribution in [1.82, 2.24) is 24.5 Å². The first-order chi connectivity index (χ1) is 16.6. The van der Waals surface area contributed by atoms with Crippen molar-refractivity contribution in [3.05, 3.63) is 66.1 Å². The predicted molar refractivity (Wildman–Crippen MR) is 127 cm³/mol. The van der Waals surface area contributed by atoms with E-state index in [1.807, 2.05) is 42.5 Å². The number of aliphatic hydroxyl groups is 1. The molecule has 1 aromatic carbocycles. The maximum atomic E-state index is 11.9. The van der Waals surface area contributed by atoms with E-state index in [0.717, 1.165) is 28.7 Å². The maximum absolute atomic E-state index is 11.9. The lowest BCUT2D eigenvalue weighted by Crippen LogP contribution is -2.39. The van der Waals surface area contributed by atoms with Gasteiger partial charge in [-0.25, -0.2) is 4.98 Å². The summed E-state index contributed by atoms with van der Waals surface area (Å²) in [5.74, 6) is -0.0814. The molecule has 1 aliphatic rings. The number of likely N-dealkylation sites (tertiary alicyclic amines) is 1. The molecular formula is C25H24N6O3. The fraction of sp³-hybridized carbons (Fsp3) is 0.240. The molecule has 0 radical (unpaired) electrons. The smallest absolute Gasteiger partial charge is 0.248 e. The number of anilines is 1. The molecule has 0 saturated carbocycles. The molecule has 0 spiro atoms. The normalized spacial score (nSPS) is 14.4. The Bertz CT molecular complexity index is 1340. The Kier molecular flexibility index (Phi) is 5.77. The number of hydrogen-bond donors (Lipinski definition) is 2. The van der Waals surface area contributed by atoms with Crippen LogP contribution in [0.5, 0.6) is 0 Å². The van der Waals surface area contributed by atoms with Crippen molar-refractivity contribution in [2.45, 2.75) is 18.8 Å². The molecule has 3 N–H and O–H groups in total. The average molecular weight is 457 g/mol. The quantitative estimate of drug-likeness (QED) is 0.442. The minimum Gasteiger partial charge on any atom is -0.387 e. The van der Waals surface area contributed by atoms with Crippen molar-refractivity contribution < 1.29 is 14.7 Å². The fourth-order valence-corrected chi connectivity index (χ4v) is 4.52. The van der Waals surface area contributed by atoms with Gasteiger partial charge in [0.25, 0.3) is 0 Å². The molecule has 9 heteroatoms. The first-order valence-electron chi connectivity index (χ1n) is 11.1. The number of amides is 1. The molecule has 34 heavy (non-hydrogen) atoms. The van der Waals surface area contributed by atoms with E-state index in [9.17, 15) is 9.59 Å². The monoisotopic (exact) mass is 456 g/mol. The fourth-order valence-electron chi connectivity index (χ4n) is 4.52. The highest BCUT2D eigenvalue weighted by molar-refractivity contribution is 5.87. The van der Waals surface area contributed by atoms with E-state index in [-0.39, 0.29) is 17.6 Å². The van der Waals surface area contributed by atoms with Crippen LogP contribution in [0.15, 0.2) is 54.9 Å². The summed E-state index contributed by atoms with van der Waals surface area (Å²) in [4.78, 5) is 34.8. The first kappa shape index (κ1) is 21.7. The number of nitrogen functional groups attached to an aromatic ring is 1.